The van der Waals surface area contributed by atoms with Gasteiger partial charge in [-0.1, -0.05) is 13.3 Å². The number of nitrogens with zero attached hydrogens (tertiary/aromatic N) is 1. The average molecular weight is 358 g/mol. The van der Waals surface area contributed by atoms with E-state index >= 15 is 0 Å². The second-order valence-electron chi connectivity index (χ2n) is 4.20. The summed E-state index contributed by atoms with van der Waals surface area (Å²) in [6.45, 7) is 2.01. The SMILES string of the molecule is CCCc1cc(=O)[nH]c(Sc2cc(F)c(Br)cc2N)n1. The molecule has 106 valence electrons. The fourth-order valence-electron chi connectivity index (χ4n) is 1.65. The number of aromatic nitrogens is 2. The first kappa shape index (κ1) is 15.1. The summed E-state index contributed by atoms with van der Waals surface area (Å²) in [5.41, 5.74) is 6.76. The maximum atomic E-state index is 13.5. The summed E-state index contributed by atoms with van der Waals surface area (Å²) in [5.74, 6) is -0.409. The van der Waals surface area contributed by atoms with Crippen LogP contribution in [0.1, 0.15) is 19.0 Å². The molecule has 1 heterocycles. The van der Waals surface area contributed by atoms with E-state index in [1.54, 1.807) is 0 Å². The summed E-state index contributed by atoms with van der Waals surface area (Å²) in [6, 6.07) is 4.28. The fraction of sp³-hybridized carbons (Fsp3) is 0.231. The zero-order valence-electron chi connectivity index (χ0n) is 10.7. The molecule has 7 heteroatoms. The molecular weight excluding hydrogens is 345 g/mol. The third-order valence-electron chi connectivity index (χ3n) is 2.54. The summed E-state index contributed by atoms with van der Waals surface area (Å²) in [6.07, 6.45) is 1.62. The van der Waals surface area contributed by atoms with Gasteiger partial charge >= 0.3 is 0 Å². The van der Waals surface area contributed by atoms with Gasteiger partial charge in [-0.25, -0.2) is 9.37 Å². The van der Waals surface area contributed by atoms with Crippen LogP contribution < -0.4 is 11.3 Å². The van der Waals surface area contributed by atoms with E-state index in [1.807, 2.05) is 6.92 Å². The molecule has 0 unspecified atom stereocenters. The number of aromatic amines is 1. The second-order valence-corrected chi connectivity index (χ2v) is 6.08. The molecule has 1 aromatic carbocycles. The number of aryl methyl sites for hydroxylation is 1. The Balaban J connectivity index is 2.34. The Hall–Kier alpha value is -1.34. The largest absolute Gasteiger partial charge is 0.398 e. The number of nitrogens with two attached hydrogens (primary N) is 1. The van der Waals surface area contributed by atoms with Gasteiger partial charge in [0.1, 0.15) is 5.82 Å². The molecule has 20 heavy (non-hydrogen) atoms. The highest BCUT2D eigenvalue weighted by atomic mass is 79.9. The zero-order valence-corrected chi connectivity index (χ0v) is 13.1. The summed E-state index contributed by atoms with van der Waals surface area (Å²) >= 11 is 4.21. The van der Waals surface area contributed by atoms with Gasteiger partial charge in [-0.3, -0.25) is 4.79 Å². The van der Waals surface area contributed by atoms with Crippen LogP contribution in [-0.2, 0) is 6.42 Å². The van der Waals surface area contributed by atoms with Crippen molar-refractivity contribution in [2.24, 2.45) is 0 Å². The number of nitrogens with one attached hydrogen (secondary N) is 1. The van der Waals surface area contributed by atoms with E-state index in [2.05, 4.69) is 25.9 Å². The van der Waals surface area contributed by atoms with Gasteiger partial charge < -0.3 is 10.7 Å². The van der Waals surface area contributed by atoms with Crippen molar-refractivity contribution in [3.05, 3.63) is 44.5 Å². The molecule has 0 saturated carbocycles. The molecular formula is C13H13BrFN3OS. The first-order chi connectivity index (χ1) is 9.49. The Morgan fingerprint density at radius 1 is 1.45 bits per heavy atom. The van der Waals surface area contributed by atoms with E-state index in [0.29, 0.717) is 20.2 Å². The molecule has 0 saturated heterocycles. The maximum absolute atomic E-state index is 13.5. The van der Waals surface area contributed by atoms with E-state index < -0.39 is 5.82 Å². The van der Waals surface area contributed by atoms with Crippen LogP contribution in [0.2, 0.25) is 0 Å². The first-order valence-corrected chi connectivity index (χ1v) is 7.63. The third kappa shape index (κ3) is 3.61. The lowest BCUT2D eigenvalue weighted by Crippen LogP contribution is -2.10. The standard InChI is InChI=1S/C13H13BrFN3OS/c1-2-3-7-4-12(19)18-13(17-7)20-11-6-9(15)8(14)5-10(11)16/h4-6H,2-3,16H2,1H3,(H,17,18,19). The Bertz CT molecular complexity index is 690. The predicted octanol–water partition coefficient (Wildman–Crippen LogP) is 3.36. The van der Waals surface area contributed by atoms with Crippen LogP contribution in [0.4, 0.5) is 10.1 Å². The fourth-order valence-corrected chi connectivity index (χ4v) is 2.88. The Morgan fingerprint density at radius 2 is 2.20 bits per heavy atom. The number of halogens is 2. The monoisotopic (exact) mass is 357 g/mol. The third-order valence-corrected chi connectivity index (χ3v) is 4.11. The number of hydrogen-bond donors (Lipinski definition) is 2. The molecule has 0 aliphatic rings. The molecule has 0 amide bonds. The van der Waals surface area contributed by atoms with Crippen molar-refractivity contribution in [2.45, 2.75) is 29.8 Å². The minimum atomic E-state index is -0.409. The van der Waals surface area contributed by atoms with Crippen molar-refractivity contribution >= 4 is 33.4 Å². The van der Waals surface area contributed by atoms with Gasteiger partial charge in [0, 0.05) is 22.3 Å². The topological polar surface area (TPSA) is 71.8 Å². The second kappa shape index (κ2) is 6.41. The average Bonchev–Trinajstić information content (AvgIpc) is 2.35. The van der Waals surface area contributed by atoms with Gasteiger partial charge in [-0.15, -0.1) is 0 Å². The molecule has 0 aliphatic heterocycles. The molecule has 1 aromatic heterocycles. The predicted molar refractivity (Wildman–Crippen MR) is 81.5 cm³/mol. The van der Waals surface area contributed by atoms with Crippen molar-refractivity contribution in [1.29, 1.82) is 0 Å². The lowest BCUT2D eigenvalue weighted by molar-refractivity contribution is 0.618. The number of anilines is 1. The maximum Gasteiger partial charge on any atom is 0.251 e. The minimum Gasteiger partial charge on any atom is -0.398 e. The number of H-pyrrole nitrogens is 1. The normalized spacial score (nSPS) is 10.8. The molecule has 0 atom stereocenters. The van der Waals surface area contributed by atoms with Crippen molar-refractivity contribution in [3.63, 3.8) is 0 Å². The molecule has 2 rings (SSSR count). The van der Waals surface area contributed by atoms with Crippen LogP contribution in [0.5, 0.6) is 0 Å². The van der Waals surface area contributed by atoms with Crippen LogP contribution in [-0.4, -0.2) is 9.97 Å². The van der Waals surface area contributed by atoms with Crippen molar-refractivity contribution < 1.29 is 4.39 Å². The van der Waals surface area contributed by atoms with E-state index in [9.17, 15) is 9.18 Å². The molecule has 3 N–H and O–H groups in total. The summed E-state index contributed by atoms with van der Waals surface area (Å²) in [4.78, 5) is 19.0. The van der Waals surface area contributed by atoms with Gasteiger partial charge in [0.2, 0.25) is 0 Å². The molecule has 0 bridgehead atoms. The summed E-state index contributed by atoms with van der Waals surface area (Å²) in [5, 5.41) is 0.411. The molecule has 0 fully saturated rings. The zero-order chi connectivity index (χ0) is 14.7. The van der Waals surface area contributed by atoms with Gasteiger partial charge in [0.15, 0.2) is 5.16 Å². The highest BCUT2D eigenvalue weighted by Crippen LogP contribution is 2.33. The van der Waals surface area contributed by atoms with Gasteiger partial charge in [-0.2, -0.15) is 0 Å². The van der Waals surface area contributed by atoms with Gasteiger partial charge in [-0.05, 0) is 46.2 Å². The number of hydrogen-bond acceptors (Lipinski definition) is 4. The van der Waals surface area contributed by atoms with E-state index in [1.165, 1.54) is 18.2 Å². The highest BCUT2D eigenvalue weighted by Gasteiger charge is 2.10. The molecule has 2 aromatic rings. The Morgan fingerprint density at radius 3 is 2.90 bits per heavy atom. The lowest BCUT2D eigenvalue weighted by Gasteiger charge is -2.07. The minimum absolute atomic E-state index is 0.220. The van der Waals surface area contributed by atoms with Crippen molar-refractivity contribution in [1.82, 2.24) is 9.97 Å². The van der Waals surface area contributed by atoms with E-state index in [-0.39, 0.29) is 5.56 Å². The lowest BCUT2D eigenvalue weighted by atomic mass is 10.2. The van der Waals surface area contributed by atoms with Crippen LogP contribution >= 0.6 is 27.7 Å². The molecule has 0 aliphatic carbocycles. The molecule has 4 nitrogen and oxygen atoms in total. The molecule has 0 radical (unpaired) electrons. The smallest absolute Gasteiger partial charge is 0.251 e. The highest BCUT2D eigenvalue weighted by molar-refractivity contribution is 9.10. The summed E-state index contributed by atoms with van der Waals surface area (Å²) < 4.78 is 13.8. The summed E-state index contributed by atoms with van der Waals surface area (Å²) in [7, 11) is 0. The van der Waals surface area contributed by atoms with Gasteiger partial charge in [0.05, 0.1) is 4.47 Å². The quantitative estimate of drug-likeness (QED) is 0.650. The molecule has 0 spiro atoms. The van der Waals surface area contributed by atoms with Crippen molar-refractivity contribution in [3.8, 4) is 0 Å². The van der Waals surface area contributed by atoms with Crippen LogP contribution in [0.25, 0.3) is 0 Å². The van der Waals surface area contributed by atoms with E-state index in [0.717, 1.165) is 30.3 Å². The number of rotatable bonds is 4. The van der Waals surface area contributed by atoms with Gasteiger partial charge in [0.25, 0.3) is 5.56 Å². The van der Waals surface area contributed by atoms with E-state index in [4.69, 9.17) is 5.73 Å². The Kier molecular flexibility index (Phi) is 4.82. The van der Waals surface area contributed by atoms with Crippen molar-refractivity contribution in [2.75, 3.05) is 5.73 Å². The number of benzene rings is 1. The van der Waals surface area contributed by atoms with Crippen LogP contribution in [0, 0.1) is 5.82 Å². The Labute approximate surface area is 128 Å². The van der Waals surface area contributed by atoms with Crippen LogP contribution in [0.15, 0.2) is 37.5 Å². The number of nitrogen functional groups attached to an aromatic ring is 1. The van der Waals surface area contributed by atoms with Crippen LogP contribution in [0.3, 0.4) is 0 Å². The first-order valence-electron chi connectivity index (χ1n) is 6.02.